The van der Waals surface area contributed by atoms with E-state index in [0.717, 1.165) is 0 Å². The summed E-state index contributed by atoms with van der Waals surface area (Å²) < 4.78 is 13.7. The molecule has 1 aliphatic rings. The molecule has 1 aromatic rings. The van der Waals surface area contributed by atoms with Crippen molar-refractivity contribution in [3.63, 3.8) is 0 Å². The fraction of sp³-hybridized carbons (Fsp3) is 0.529. The number of piperazine rings is 1. The minimum atomic E-state index is -0.588. The molecule has 1 fully saturated rings. The molecule has 1 atom stereocenters. The Labute approximate surface area is 136 Å². The molecule has 0 bridgehead atoms. The lowest BCUT2D eigenvalue weighted by atomic mass is 10.1. The highest BCUT2D eigenvalue weighted by atomic mass is 19.1. The van der Waals surface area contributed by atoms with E-state index in [-0.39, 0.29) is 23.3 Å². The van der Waals surface area contributed by atoms with Gasteiger partial charge in [0.25, 0.3) is 0 Å². The van der Waals surface area contributed by atoms with Crippen LogP contribution in [0.2, 0.25) is 0 Å². The van der Waals surface area contributed by atoms with Crippen LogP contribution in [0.15, 0.2) is 18.2 Å². The molecule has 1 saturated heterocycles. The molecule has 3 amide bonds. The zero-order valence-electron chi connectivity index (χ0n) is 14.3. The van der Waals surface area contributed by atoms with E-state index in [4.69, 9.17) is 0 Å². The van der Waals surface area contributed by atoms with Crippen LogP contribution in [0.25, 0.3) is 0 Å². The smallest absolute Gasteiger partial charge is 0.318 e. The van der Waals surface area contributed by atoms with Gasteiger partial charge >= 0.3 is 6.03 Å². The van der Waals surface area contributed by atoms with Crippen molar-refractivity contribution in [3.05, 3.63) is 29.6 Å². The molecule has 1 aliphatic heterocycles. The minimum Gasteiger partial charge on any atom is -0.333 e. The standard InChI is InChI=1S/C17H24FN3O2/c1-11-6-7-13(10-14(11)18)21-9-8-20(12(2)15(21)22)16(23)19-17(3,4)5/h6-7,10,12H,8-9H2,1-5H3,(H,19,23)/t12-/m0/s1. The van der Waals surface area contributed by atoms with E-state index in [2.05, 4.69) is 5.32 Å². The lowest BCUT2D eigenvalue weighted by Crippen LogP contribution is -2.61. The Kier molecular flexibility index (Phi) is 4.63. The summed E-state index contributed by atoms with van der Waals surface area (Å²) in [5.41, 5.74) is 0.704. The third-order valence-electron chi connectivity index (χ3n) is 3.87. The number of amides is 3. The molecule has 0 saturated carbocycles. The molecular weight excluding hydrogens is 297 g/mol. The summed E-state index contributed by atoms with van der Waals surface area (Å²) >= 11 is 0. The Morgan fingerprint density at radius 3 is 2.52 bits per heavy atom. The van der Waals surface area contributed by atoms with Crippen LogP contribution in [0.1, 0.15) is 33.3 Å². The van der Waals surface area contributed by atoms with Gasteiger partial charge in [0, 0.05) is 24.3 Å². The number of hydrogen-bond donors (Lipinski definition) is 1. The summed E-state index contributed by atoms with van der Waals surface area (Å²) in [6.07, 6.45) is 0. The fourth-order valence-corrected chi connectivity index (χ4v) is 2.55. The first-order valence-electron chi connectivity index (χ1n) is 7.76. The topological polar surface area (TPSA) is 52.6 Å². The number of rotatable bonds is 1. The maximum Gasteiger partial charge on any atom is 0.318 e. The third kappa shape index (κ3) is 3.81. The lowest BCUT2D eigenvalue weighted by Gasteiger charge is -2.40. The molecule has 5 nitrogen and oxygen atoms in total. The summed E-state index contributed by atoms with van der Waals surface area (Å²) in [4.78, 5) is 27.9. The van der Waals surface area contributed by atoms with Crippen molar-refractivity contribution in [1.82, 2.24) is 10.2 Å². The zero-order chi connectivity index (χ0) is 17.4. The number of nitrogens with zero attached hydrogens (tertiary/aromatic N) is 2. The Morgan fingerprint density at radius 1 is 1.30 bits per heavy atom. The molecular formula is C17H24FN3O2. The van der Waals surface area contributed by atoms with E-state index in [1.807, 2.05) is 20.8 Å². The Bertz CT molecular complexity index is 625. The minimum absolute atomic E-state index is 0.205. The summed E-state index contributed by atoms with van der Waals surface area (Å²) in [6.45, 7) is 9.81. The van der Waals surface area contributed by atoms with Gasteiger partial charge in [0.2, 0.25) is 5.91 Å². The van der Waals surface area contributed by atoms with Crippen molar-refractivity contribution < 1.29 is 14.0 Å². The van der Waals surface area contributed by atoms with E-state index in [0.29, 0.717) is 24.3 Å². The molecule has 126 valence electrons. The number of urea groups is 1. The summed E-state index contributed by atoms with van der Waals surface area (Å²) in [7, 11) is 0. The molecule has 0 aromatic heterocycles. The number of hydrogen-bond acceptors (Lipinski definition) is 2. The normalized spacial score (nSPS) is 19.0. The average molecular weight is 321 g/mol. The highest BCUT2D eigenvalue weighted by Crippen LogP contribution is 2.23. The zero-order valence-corrected chi connectivity index (χ0v) is 14.3. The van der Waals surface area contributed by atoms with Gasteiger partial charge in [-0.2, -0.15) is 0 Å². The van der Waals surface area contributed by atoms with Crippen molar-refractivity contribution in [2.45, 2.75) is 46.2 Å². The van der Waals surface area contributed by atoms with Crippen molar-refractivity contribution in [2.24, 2.45) is 0 Å². The van der Waals surface area contributed by atoms with Crippen molar-refractivity contribution in [2.75, 3.05) is 18.0 Å². The highest BCUT2D eigenvalue weighted by Gasteiger charge is 2.36. The molecule has 0 spiro atoms. The first kappa shape index (κ1) is 17.2. The second kappa shape index (κ2) is 6.18. The molecule has 0 aliphatic carbocycles. The van der Waals surface area contributed by atoms with Crippen molar-refractivity contribution >= 4 is 17.6 Å². The molecule has 23 heavy (non-hydrogen) atoms. The molecule has 2 rings (SSSR count). The van der Waals surface area contributed by atoms with Crippen LogP contribution in [-0.4, -0.2) is 41.5 Å². The highest BCUT2D eigenvalue weighted by molar-refractivity contribution is 6.00. The van der Waals surface area contributed by atoms with E-state index >= 15 is 0 Å². The second-order valence-corrected chi connectivity index (χ2v) is 6.97. The van der Waals surface area contributed by atoms with Crippen LogP contribution in [0, 0.1) is 12.7 Å². The van der Waals surface area contributed by atoms with Crippen LogP contribution in [0.4, 0.5) is 14.9 Å². The molecule has 0 unspecified atom stereocenters. The van der Waals surface area contributed by atoms with E-state index in [9.17, 15) is 14.0 Å². The van der Waals surface area contributed by atoms with Crippen LogP contribution in [0.5, 0.6) is 0 Å². The SMILES string of the molecule is Cc1ccc(N2CCN(C(=O)NC(C)(C)C)[C@@H](C)C2=O)cc1F. The number of carbonyl (C=O) groups is 2. The molecule has 1 heterocycles. The number of nitrogens with one attached hydrogen (secondary N) is 1. The van der Waals surface area contributed by atoms with Gasteiger partial charge in [-0.25, -0.2) is 9.18 Å². The van der Waals surface area contributed by atoms with Gasteiger partial charge in [-0.05, 0) is 52.3 Å². The van der Waals surface area contributed by atoms with Gasteiger partial charge in [-0.1, -0.05) is 6.07 Å². The van der Waals surface area contributed by atoms with E-state index < -0.39 is 6.04 Å². The average Bonchev–Trinajstić information content (AvgIpc) is 2.43. The number of benzene rings is 1. The van der Waals surface area contributed by atoms with Gasteiger partial charge in [0.05, 0.1) is 0 Å². The largest absolute Gasteiger partial charge is 0.333 e. The lowest BCUT2D eigenvalue weighted by molar-refractivity contribution is -0.124. The van der Waals surface area contributed by atoms with Gasteiger partial charge in [-0.15, -0.1) is 0 Å². The van der Waals surface area contributed by atoms with Crippen LogP contribution in [-0.2, 0) is 4.79 Å². The van der Waals surface area contributed by atoms with Crippen molar-refractivity contribution in [1.29, 1.82) is 0 Å². The van der Waals surface area contributed by atoms with Gasteiger partial charge in [0.1, 0.15) is 11.9 Å². The van der Waals surface area contributed by atoms with Crippen LogP contribution in [0.3, 0.4) is 0 Å². The quantitative estimate of drug-likeness (QED) is 0.864. The monoisotopic (exact) mass is 321 g/mol. The number of halogens is 1. The molecule has 0 radical (unpaired) electrons. The fourth-order valence-electron chi connectivity index (χ4n) is 2.55. The van der Waals surface area contributed by atoms with E-state index in [1.54, 1.807) is 26.0 Å². The molecule has 6 heteroatoms. The maximum atomic E-state index is 13.7. The predicted molar refractivity (Wildman–Crippen MR) is 87.9 cm³/mol. The molecule has 1 N–H and O–H groups in total. The predicted octanol–water partition coefficient (Wildman–Crippen LogP) is 2.68. The van der Waals surface area contributed by atoms with Crippen molar-refractivity contribution in [3.8, 4) is 0 Å². The number of anilines is 1. The summed E-state index contributed by atoms with van der Waals surface area (Å²) in [6, 6.07) is 3.91. The van der Waals surface area contributed by atoms with Gasteiger partial charge in [-0.3, -0.25) is 4.79 Å². The van der Waals surface area contributed by atoms with Gasteiger partial charge in [0.15, 0.2) is 0 Å². The summed E-state index contributed by atoms with van der Waals surface area (Å²) in [5.74, 6) is -0.542. The Hall–Kier alpha value is -2.11. The Balaban J connectivity index is 2.15. The third-order valence-corrected chi connectivity index (χ3v) is 3.87. The first-order valence-corrected chi connectivity index (χ1v) is 7.76. The van der Waals surface area contributed by atoms with Gasteiger partial charge < -0.3 is 15.1 Å². The Morgan fingerprint density at radius 2 is 1.96 bits per heavy atom. The number of aryl methyl sites for hydroxylation is 1. The maximum absolute atomic E-state index is 13.7. The first-order chi connectivity index (χ1) is 10.6. The number of carbonyl (C=O) groups excluding carboxylic acids is 2. The molecule has 1 aromatic carbocycles. The van der Waals surface area contributed by atoms with Crippen LogP contribution >= 0.6 is 0 Å². The van der Waals surface area contributed by atoms with Crippen LogP contribution < -0.4 is 10.2 Å². The van der Waals surface area contributed by atoms with E-state index in [1.165, 1.54) is 15.9 Å². The second-order valence-electron chi connectivity index (χ2n) is 6.97. The summed E-state index contributed by atoms with van der Waals surface area (Å²) in [5, 5.41) is 2.87.